The molecule has 0 unspecified atom stereocenters. The molecule has 0 aliphatic rings. The number of methoxy groups -OCH3 is 1. The van der Waals surface area contributed by atoms with Gasteiger partial charge in [-0.05, 0) is 69.5 Å². The van der Waals surface area contributed by atoms with Crippen molar-refractivity contribution < 1.29 is 17.9 Å². The first-order valence-corrected chi connectivity index (χ1v) is 13.7. The second-order valence-electron chi connectivity index (χ2n) is 8.37. The molecular weight excluding hydrogens is 496 g/mol. The highest BCUT2D eigenvalue weighted by atomic mass is 32.2. The van der Waals surface area contributed by atoms with E-state index in [1.807, 2.05) is 32.3 Å². The highest BCUT2D eigenvalue weighted by Crippen LogP contribution is 2.32. The van der Waals surface area contributed by atoms with E-state index in [-0.39, 0.29) is 23.9 Å². The Hall–Kier alpha value is -3.05. The summed E-state index contributed by atoms with van der Waals surface area (Å²) in [6.07, 6.45) is 3.80. The van der Waals surface area contributed by atoms with Gasteiger partial charge < -0.3 is 9.64 Å². The fourth-order valence-corrected chi connectivity index (χ4v) is 6.00. The molecule has 10 heteroatoms. The monoisotopic (exact) mass is 528 g/mol. The predicted molar refractivity (Wildman–Crippen MR) is 147 cm³/mol. The number of nitrogens with zero attached hydrogens (tertiary/aromatic N) is 4. The zero-order valence-electron chi connectivity index (χ0n) is 20.9. The molecule has 0 atom stereocenters. The zero-order chi connectivity index (χ0) is 26.3. The normalized spacial score (nSPS) is 11.7. The summed E-state index contributed by atoms with van der Waals surface area (Å²) in [5, 5.41) is 0.585. The van der Waals surface area contributed by atoms with Crippen LogP contribution in [-0.2, 0) is 10.0 Å². The Morgan fingerprint density at radius 1 is 1.06 bits per heavy atom. The summed E-state index contributed by atoms with van der Waals surface area (Å²) in [6.45, 7) is 8.87. The van der Waals surface area contributed by atoms with E-state index in [9.17, 15) is 13.2 Å². The topological polar surface area (TPSA) is 83.1 Å². The van der Waals surface area contributed by atoms with Gasteiger partial charge in [0.2, 0.25) is 10.0 Å². The molecule has 0 aliphatic heterocycles. The van der Waals surface area contributed by atoms with Crippen LogP contribution in [0, 0.1) is 0 Å². The third kappa shape index (κ3) is 6.38. The number of benzene rings is 2. The summed E-state index contributed by atoms with van der Waals surface area (Å²) >= 11 is 1.42. The van der Waals surface area contributed by atoms with Crippen LogP contribution in [0.3, 0.4) is 0 Å². The maximum atomic E-state index is 13.6. The first-order chi connectivity index (χ1) is 17.2. The molecule has 36 heavy (non-hydrogen) atoms. The molecule has 3 rings (SSSR count). The van der Waals surface area contributed by atoms with Gasteiger partial charge in [-0.3, -0.25) is 9.69 Å². The zero-order valence-corrected chi connectivity index (χ0v) is 22.5. The quantitative estimate of drug-likeness (QED) is 0.308. The Bertz CT molecular complexity index is 1310. The summed E-state index contributed by atoms with van der Waals surface area (Å²) in [5.41, 5.74) is 1.17. The number of hydrogen-bond donors (Lipinski definition) is 0. The number of thiazole rings is 1. The largest absolute Gasteiger partial charge is 0.497 e. The molecule has 0 radical (unpaired) electrons. The van der Waals surface area contributed by atoms with Crippen LogP contribution in [0.4, 0.5) is 5.13 Å². The third-order valence-corrected chi connectivity index (χ3v) is 8.34. The van der Waals surface area contributed by atoms with E-state index >= 15 is 0 Å². The van der Waals surface area contributed by atoms with Crippen molar-refractivity contribution in [3.63, 3.8) is 0 Å². The van der Waals surface area contributed by atoms with Gasteiger partial charge >= 0.3 is 0 Å². The fraction of sp³-hybridized carbons (Fsp3) is 0.308. The minimum atomic E-state index is -3.75. The van der Waals surface area contributed by atoms with E-state index in [2.05, 4.69) is 23.0 Å². The molecule has 1 aromatic heterocycles. The molecule has 0 spiro atoms. The Morgan fingerprint density at radius 3 is 2.31 bits per heavy atom. The molecule has 0 bridgehead atoms. The van der Waals surface area contributed by atoms with Gasteiger partial charge in [-0.25, -0.2) is 13.4 Å². The highest BCUT2D eigenvalue weighted by Gasteiger charge is 2.25. The SMILES string of the molecule is C=CCN(CC=C)S(=O)(=O)c1ccc(C(=O)N(CCCN(C)C)c2nc3ccc(OC)cc3s2)cc1. The van der Waals surface area contributed by atoms with Crippen LogP contribution in [0.2, 0.25) is 0 Å². The molecule has 8 nitrogen and oxygen atoms in total. The number of sulfonamides is 1. The molecule has 3 aromatic rings. The van der Waals surface area contributed by atoms with E-state index < -0.39 is 10.0 Å². The van der Waals surface area contributed by atoms with Crippen molar-refractivity contribution in [3.05, 3.63) is 73.3 Å². The Morgan fingerprint density at radius 2 is 1.72 bits per heavy atom. The molecule has 1 heterocycles. The van der Waals surface area contributed by atoms with Crippen molar-refractivity contribution in [1.82, 2.24) is 14.2 Å². The minimum absolute atomic E-state index is 0.106. The van der Waals surface area contributed by atoms with Crippen LogP contribution in [-0.4, -0.2) is 75.9 Å². The average Bonchev–Trinajstić information content (AvgIpc) is 3.29. The van der Waals surface area contributed by atoms with Crippen molar-refractivity contribution in [2.24, 2.45) is 0 Å². The van der Waals surface area contributed by atoms with Crippen molar-refractivity contribution >= 4 is 42.6 Å². The van der Waals surface area contributed by atoms with E-state index in [0.29, 0.717) is 17.2 Å². The number of carbonyl (C=O) groups is 1. The summed E-state index contributed by atoms with van der Waals surface area (Å²) in [5.74, 6) is 0.486. The van der Waals surface area contributed by atoms with Gasteiger partial charge in [-0.2, -0.15) is 4.31 Å². The maximum Gasteiger partial charge on any atom is 0.260 e. The molecule has 192 valence electrons. The number of amides is 1. The molecular formula is C26H32N4O4S2. The van der Waals surface area contributed by atoms with Gasteiger partial charge in [0, 0.05) is 25.2 Å². The van der Waals surface area contributed by atoms with Crippen LogP contribution >= 0.6 is 11.3 Å². The van der Waals surface area contributed by atoms with Gasteiger partial charge in [0.1, 0.15) is 5.75 Å². The second-order valence-corrected chi connectivity index (χ2v) is 11.3. The molecule has 0 N–H and O–H groups in total. The van der Waals surface area contributed by atoms with Crippen LogP contribution in [0.15, 0.2) is 72.7 Å². The number of carbonyl (C=O) groups excluding carboxylic acids is 1. The third-order valence-electron chi connectivity index (χ3n) is 5.45. The number of hydrogen-bond acceptors (Lipinski definition) is 7. The molecule has 1 amide bonds. The highest BCUT2D eigenvalue weighted by molar-refractivity contribution is 7.89. The Labute approximate surface area is 217 Å². The van der Waals surface area contributed by atoms with E-state index in [4.69, 9.17) is 4.74 Å². The first-order valence-electron chi connectivity index (χ1n) is 11.4. The van der Waals surface area contributed by atoms with Crippen molar-refractivity contribution in [1.29, 1.82) is 0 Å². The van der Waals surface area contributed by atoms with Crippen LogP contribution in [0.25, 0.3) is 10.2 Å². The number of anilines is 1. The lowest BCUT2D eigenvalue weighted by atomic mass is 10.2. The molecule has 0 aliphatic carbocycles. The van der Waals surface area contributed by atoms with Gasteiger partial charge in [-0.1, -0.05) is 23.5 Å². The molecule has 0 saturated carbocycles. The Kier molecular flexibility index (Phi) is 9.38. The maximum absolute atomic E-state index is 13.6. The van der Waals surface area contributed by atoms with Gasteiger partial charge in [0.05, 0.1) is 22.2 Å². The lowest BCUT2D eigenvalue weighted by Crippen LogP contribution is -2.33. The van der Waals surface area contributed by atoms with E-state index in [1.165, 1.54) is 39.9 Å². The predicted octanol–water partition coefficient (Wildman–Crippen LogP) is 4.27. The Balaban J connectivity index is 1.92. The van der Waals surface area contributed by atoms with Crippen molar-refractivity contribution in [2.45, 2.75) is 11.3 Å². The standard InChI is InChI=1S/C26H32N4O4S2/c1-6-15-29(16-7-2)36(32,33)22-12-9-20(10-13-22)25(31)30(18-8-17-28(3)4)26-27-23-14-11-21(34-5)19-24(23)35-26/h6-7,9-14,19H,1-2,8,15-18H2,3-5H3. The van der Waals surface area contributed by atoms with Gasteiger partial charge in [0.25, 0.3) is 5.91 Å². The van der Waals surface area contributed by atoms with Crippen LogP contribution in [0.1, 0.15) is 16.8 Å². The van der Waals surface area contributed by atoms with Crippen LogP contribution < -0.4 is 9.64 Å². The number of fused-ring (bicyclic) bond motifs is 1. The number of ether oxygens (including phenoxy) is 1. The fourth-order valence-electron chi connectivity index (χ4n) is 3.60. The minimum Gasteiger partial charge on any atom is -0.497 e. The smallest absolute Gasteiger partial charge is 0.260 e. The molecule has 2 aromatic carbocycles. The van der Waals surface area contributed by atoms with Gasteiger partial charge in [-0.15, -0.1) is 13.2 Å². The molecule has 0 saturated heterocycles. The summed E-state index contributed by atoms with van der Waals surface area (Å²) in [7, 11) is 1.83. The average molecular weight is 529 g/mol. The molecule has 0 fully saturated rings. The summed E-state index contributed by atoms with van der Waals surface area (Å²) in [4.78, 5) is 22.1. The number of aromatic nitrogens is 1. The summed E-state index contributed by atoms with van der Waals surface area (Å²) < 4.78 is 33.5. The van der Waals surface area contributed by atoms with Gasteiger partial charge in [0.15, 0.2) is 5.13 Å². The van der Waals surface area contributed by atoms with Crippen LogP contribution in [0.5, 0.6) is 5.75 Å². The lowest BCUT2D eigenvalue weighted by Gasteiger charge is -2.22. The van der Waals surface area contributed by atoms with Crippen molar-refractivity contribution in [2.75, 3.05) is 52.3 Å². The van der Waals surface area contributed by atoms with E-state index in [1.54, 1.807) is 24.1 Å². The van der Waals surface area contributed by atoms with E-state index in [0.717, 1.165) is 28.9 Å². The summed E-state index contributed by atoms with van der Waals surface area (Å²) in [6, 6.07) is 11.6. The lowest BCUT2D eigenvalue weighted by molar-refractivity contribution is 0.0986. The first kappa shape index (κ1) is 27.5. The second kappa shape index (κ2) is 12.3. The number of rotatable bonds is 13. The van der Waals surface area contributed by atoms with Crippen molar-refractivity contribution in [3.8, 4) is 5.75 Å².